The number of thiophene rings is 1. The summed E-state index contributed by atoms with van der Waals surface area (Å²) in [7, 11) is 1.31. The molecule has 88 valence electrons. The van der Waals surface area contributed by atoms with Gasteiger partial charge in [-0.15, -0.1) is 11.3 Å². The molecule has 1 aromatic carbocycles. The molecule has 0 aliphatic heterocycles. The fourth-order valence-corrected chi connectivity index (χ4v) is 2.22. The zero-order valence-electron chi connectivity index (χ0n) is 8.94. The maximum absolute atomic E-state index is 12.9. The van der Waals surface area contributed by atoms with Crippen LogP contribution in [0.4, 0.5) is 4.39 Å². The Kier molecular flexibility index (Phi) is 3.10. The van der Waals surface area contributed by atoms with Crippen LogP contribution in [0, 0.1) is 5.82 Å². The van der Waals surface area contributed by atoms with Gasteiger partial charge in [-0.05, 0) is 34.7 Å². The van der Waals surface area contributed by atoms with Crippen LogP contribution in [0.3, 0.4) is 0 Å². The Balaban J connectivity index is 2.37. The van der Waals surface area contributed by atoms with Crippen molar-refractivity contribution in [3.63, 3.8) is 0 Å². The third-order valence-electron chi connectivity index (χ3n) is 2.27. The summed E-state index contributed by atoms with van der Waals surface area (Å²) in [6.45, 7) is 0. The summed E-state index contributed by atoms with van der Waals surface area (Å²) in [5, 5.41) is 11.0. The molecule has 5 heteroatoms. The summed E-state index contributed by atoms with van der Waals surface area (Å²) < 4.78 is 17.5. The maximum atomic E-state index is 12.9. The second-order valence-electron chi connectivity index (χ2n) is 3.36. The lowest BCUT2D eigenvalue weighted by Gasteiger charge is -1.99. The van der Waals surface area contributed by atoms with Crippen molar-refractivity contribution in [2.45, 2.75) is 0 Å². The number of benzene rings is 1. The predicted molar refractivity (Wildman–Crippen MR) is 62.7 cm³/mol. The van der Waals surface area contributed by atoms with Gasteiger partial charge in [-0.25, -0.2) is 9.18 Å². The van der Waals surface area contributed by atoms with E-state index in [9.17, 15) is 14.3 Å². The number of hydrogen-bond acceptors (Lipinski definition) is 4. The van der Waals surface area contributed by atoms with E-state index >= 15 is 0 Å². The molecule has 2 rings (SSSR count). The van der Waals surface area contributed by atoms with E-state index in [1.165, 1.54) is 36.6 Å². The number of phenols is 1. The predicted octanol–water partition coefficient (Wildman–Crippen LogP) is 3.05. The molecule has 0 saturated carbocycles. The van der Waals surface area contributed by atoms with Crippen LogP contribution in [0.25, 0.3) is 11.1 Å². The summed E-state index contributed by atoms with van der Waals surface area (Å²) in [5.74, 6) is -1.49. The zero-order chi connectivity index (χ0) is 12.4. The standard InChI is InChI=1S/C12H9FO3S/c1-16-12(15)11-5-8(6-17-11)7-2-3-9(13)10(14)4-7/h2-6,14H,1H3. The molecule has 17 heavy (non-hydrogen) atoms. The van der Waals surface area contributed by atoms with Crippen molar-refractivity contribution >= 4 is 17.3 Å². The quantitative estimate of drug-likeness (QED) is 0.835. The number of methoxy groups -OCH3 is 1. The molecule has 0 amide bonds. The van der Waals surface area contributed by atoms with Crippen LogP contribution < -0.4 is 0 Å². The number of ether oxygens (including phenoxy) is 1. The molecule has 0 aliphatic rings. The number of hydrogen-bond donors (Lipinski definition) is 1. The first-order valence-electron chi connectivity index (χ1n) is 4.77. The van der Waals surface area contributed by atoms with E-state index in [1.54, 1.807) is 11.4 Å². The Morgan fingerprint density at radius 2 is 2.12 bits per heavy atom. The molecule has 1 heterocycles. The zero-order valence-corrected chi connectivity index (χ0v) is 9.75. The van der Waals surface area contributed by atoms with Crippen LogP contribution in [-0.4, -0.2) is 18.2 Å². The third-order valence-corrected chi connectivity index (χ3v) is 3.18. The number of halogens is 1. The molecular formula is C12H9FO3S. The van der Waals surface area contributed by atoms with Crippen molar-refractivity contribution in [1.82, 2.24) is 0 Å². The Morgan fingerprint density at radius 1 is 1.35 bits per heavy atom. The minimum Gasteiger partial charge on any atom is -0.505 e. The first kappa shape index (κ1) is 11.6. The molecule has 0 fully saturated rings. The Hall–Kier alpha value is -1.88. The van der Waals surface area contributed by atoms with Crippen LogP contribution in [0.1, 0.15) is 9.67 Å². The maximum Gasteiger partial charge on any atom is 0.348 e. The van der Waals surface area contributed by atoms with E-state index in [0.717, 1.165) is 5.56 Å². The van der Waals surface area contributed by atoms with E-state index in [1.807, 2.05) is 0 Å². The van der Waals surface area contributed by atoms with E-state index < -0.39 is 17.5 Å². The van der Waals surface area contributed by atoms with Gasteiger partial charge in [0.1, 0.15) is 4.88 Å². The number of carbonyl (C=O) groups is 1. The van der Waals surface area contributed by atoms with Crippen molar-refractivity contribution in [3.05, 3.63) is 40.3 Å². The van der Waals surface area contributed by atoms with Crippen LogP contribution in [-0.2, 0) is 4.74 Å². The van der Waals surface area contributed by atoms with E-state index in [-0.39, 0.29) is 0 Å². The monoisotopic (exact) mass is 252 g/mol. The molecule has 3 nitrogen and oxygen atoms in total. The smallest absolute Gasteiger partial charge is 0.348 e. The molecular weight excluding hydrogens is 243 g/mol. The van der Waals surface area contributed by atoms with Gasteiger partial charge in [0.2, 0.25) is 0 Å². The molecule has 0 spiro atoms. The molecule has 0 bridgehead atoms. The molecule has 0 aliphatic carbocycles. The highest BCUT2D eigenvalue weighted by molar-refractivity contribution is 7.12. The molecule has 0 unspecified atom stereocenters. The third kappa shape index (κ3) is 2.29. The highest BCUT2D eigenvalue weighted by Crippen LogP contribution is 2.29. The first-order valence-corrected chi connectivity index (χ1v) is 5.65. The van der Waals surface area contributed by atoms with Gasteiger partial charge in [0, 0.05) is 0 Å². The Morgan fingerprint density at radius 3 is 2.76 bits per heavy atom. The van der Waals surface area contributed by atoms with Crippen LogP contribution in [0.2, 0.25) is 0 Å². The Bertz CT molecular complexity index is 563. The van der Waals surface area contributed by atoms with Crippen molar-refractivity contribution < 1.29 is 19.0 Å². The lowest BCUT2D eigenvalue weighted by atomic mass is 10.1. The van der Waals surface area contributed by atoms with Crippen molar-refractivity contribution in [2.24, 2.45) is 0 Å². The second kappa shape index (κ2) is 4.55. The number of aromatic hydroxyl groups is 1. The second-order valence-corrected chi connectivity index (χ2v) is 4.27. The molecule has 1 aromatic heterocycles. The molecule has 0 saturated heterocycles. The van der Waals surface area contributed by atoms with Crippen molar-refractivity contribution in [3.8, 4) is 16.9 Å². The largest absolute Gasteiger partial charge is 0.505 e. The fraction of sp³-hybridized carbons (Fsp3) is 0.0833. The number of esters is 1. The van der Waals surface area contributed by atoms with Gasteiger partial charge in [-0.2, -0.15) is 0 Å². The minimum atomic E-state index is -0.669. The summed E-state index contributed by atoms with van der Waals surface area (Å²) >= 11 is 1.24. The average molecular weight is 252 g/mol. The average Bonchev–Trinajstić information content (AvgIpc) is 2.81. The highest BCUT2D eigenvalue weighted by Gasteiger charge is 2.11. The molecule has 1 N–H and O–H groups in total. The molecule has 0 radical (unpaired) electrons. The van der Waals surface area contributed by atoms with Crippen molar-refractivity contribution in [2.75, 3.05) is 7.11 Å². The minimum absolute atomic E-state index is 0.409. The van der Waals surface area contributed by atoms with E-state index in [0.29, 0.717) is 10.4 Å². The lowest BCUT2D eigenvalue weighted by molar-refractivity contribution is 0.0606. The summed E-state index contributed by atoms with van der Waals surface area (Å²) in [5.41, 5.74) is 1.39. The van der Waals surface area contributed by atoms with Crippen LogP contribution in [0.5, 0.6) is 5.75 Å². The summed E-state index contributed by atoms with van der Waals surface area (Å²) in [6.07, 6.45) is 0. The van der Waals surface area contributed by atoms with Gasteiger partial charge < -0.3 is 9.84 Å². The van der Waals surface area contributed by atoms with Gasteiger partial charge in [0.05, 0.1) is 7.11 Å². The lowest BCUT2D eigenvalue weighted by Crippen LogP contribution is -1.96. The van der Waals surface area contributed by atoms with Crippen molar-refractivity contribution in [1.29, 1.82) is 0 Å². The topological polar surface area (TPSA) is 46.5 Å². The van der Waals surface area contributed by atoms with Gasteiger partial charge in [-0.1, -0.05) is 6.07 Å². The highest BCUT2D eigenvalue weighted by atomic mass is 32.1. The molecule has 2 aromatic rings. The molecule has 0 atom stereocenters. The van der Waals surface area contributed by atoms with Gasteiger partial charge >= 0.3 is 5.97 Å². The van der Waals surface area contributed by atoms with E-state index in [2.05, 4.69) is 4.74 Å². The first-order chi connectivity index (χ1) is 8.11. The SMILES string of the molecule is COC(=O)c1cc(-c2ccc(F)c(O)c2)cs1. The number of carbonyl (C=O) groups excluding carboxylic acids is 1. The summed E-state index contributed by atoms with van der Waals surface area (Å²) in [4.78, 5) is 11.7. The summed E-state index contributed by atoms with van der Waals surface area (Å²) in [6, 6.07) is 5.68. The van der Waals surface area contributed by atoms with Gasteiger partial charge in [0.15, 0.2) is 11.6 Å². The van der Waals surface area contributed by atoms with Crippen LogP contribution >= 0.6 is 11.3 Å². The normalized spacial score (nSPS) is 10.2. The Labute approximate surface area is 101 Å². The van der Waals surface area contributed by atoms with Gasteiger partial charge in [-0.3, -0.25) is 0 Å². The van der Waals surface area contributed by atoms with E-state index in [4.69, 9.17) is 0 Å². The van der Waals surface area contributed by atoms with Gasteiger partial charge in [0.25, 0.3) is 0 Å². The fourth-order valence-electron chi connectivity index (χ4n) is 1.39. The van der Waals surface area contributed by atoms with Crippen LogP contribution in [0.15, 0.2) is 29.6 Å². The number of rotatable bonds is 2. The number of phenolic OH excluding ortho intramolecular Hbond substituents is 1.